The number of halogens is 2. The monoisotopic (exact) mass is 183 g/mol. The maximum Gasteiger partial charge on any atom is 0.143 e. The van der Waals surface area contributed by atoms with Crippen LogP contribution < -0.4 is 0 Å². The van der Waals surface area contributed by atoms with E-state index in [1.807, 2.05) is 6.92 Å². The molecule has 0 unspecified atom stereocenters. The molecule has 0 bridgehead atoms. The molecule has 0 aliphatic carbocycles. The van der Waals surface area contributed by atoms with Gasteiger partial charge in [0.05, 0.1) is 10.7 Å². The maximum absolute atomic E-state index is 12.9. The van der Waals surface area contributed by atoms with E-state index in [9.17, 15) is 4.39 Å². The van der Waals surface area contributed by atoms with E-state index in [-0.39, 0.29) is 5.02 Å². The van der Waals surface area contributed by atoms with E-state index < -0.39 is 5.82 Å². The fraction of sp³-hybridized carbons (Fsp3) is 0.222. The molecule has 0 atom stereocenters. The van der Waals surface area contributed by atoms with Crippen LogP contribution in [0.2, 0.25) is 5.02 Å². The highest BCUT2D eigenvalue weighted by atomic mass is 35.5. The van der Waals surface area contributed by atoms with Crippen LogP contribution in [0.1, 0.15) is 12.5 Å². The van der Waals surface area contributed by atoms with Crippen LogP contribution in [-0.4, -0.2) is 5.71 Å². The van der Waals surface area contributed by atoms with Gasteiger partial charge >= 0.3 is 0 Å². The first-order chi connectivity index (χ1) is 5.66. The van der Waals surface area contributed by atoms with Gasteiger partial charge < -0.3 is 0 Å². The first kappa shape index (κ1) is 7.74. The van der Waals surface area contributed by atoms with Crippen molar-refractivity contribution >= 4 is 23.0 Å². The van der Waals surface area contributed by atoms with Crippen molar-refractivity contribution in [2.24, 2.45) is 4.99 Å². The van der Waals surface area contributed by atoms with Crippen molar-refractivity contribution in [2.75, 3.05) is 0 Å². The lowest BCUT2D eigenvalue weighted by atomic mass is 10.1. The fourth-order valence-corrected chi connectivity index (χ4v) is 1.53. The molecule has 0 saturated carbocycles. The van der Waals surface area contributed by atoms with Crippen LogP contribution in [0, 0.1) is 5.82 Å². The predicted octanol–water partition coefficient (Wildman–Crippen LogP) is 3.13. The van der Waals surface area contributed by atoms with Gasteiger partial charge in [0, 0.05) is 18.2 Å². The zero-order chi connectivity index (χ0) is 8.72. The highest BCUT2D eigenvalue weighted by molar-refractivity contribution is 6.31. The molecule has 1 aromatic carbocycles. The van der Waals surface area contributed by atoms with Crippen LogP contribution in [0.3, 0.4) is 0 Å². The topological polar surface area (TPSA) is 12.4 Å². The first-order valence-corrected chi connectivity index (χ1v) is 4.06. The predicted molar refractivity (Wildman–Crippen MR) is 47.9 cm³/mol. The van der Waals surface area contributed by atoms with Crippen molar-refractivity contribution in [3.63, 3.8) is 0 Å². The van der Waals surface area contributed by atoms with Gasteiger partial charge in [0.2, 0.25) is 0 Å². The van der Waals surface area contributed by atoms with Gasteiger partial charge in [-0.1, -0.05) is 11.6 Å². The molecule has 2 rings (SSSR count). The molecule has 0 aromatic heterocycles. The average Bonchev–Trinajstić information content (AvgIpc) is 2.30. The van der Waals surface area contributed by atoms with Gasteiger partial charge in [-0.3, -0.25) is 4.99 Å². The molecule has 0 fully saturated rings. The number of aliphatic imine (C=N–C) groups is 1. The largest absolute Gasteiger partial charge is 0.257 e. The Kier molecular flexibility index (Phi) is 1.65. The number of hydrogen-bond acceptors (Lipinski definition) is 1. The summed E-state index contributed by atoms with van der Waals surface area (Å²) >= 11 is 5.61. The second kappa shape index (κ2) is 2.56. The van der Waals surface area contributed by atoms with Crippen LogP contribution in [-0.2, 0) is 6.42 Å². The van der Waals surface area contributed by atoms with Crippen LogP contribution in [0.5, 0.6) is 0 Å². The summed E-state index contributed by atoms with van der Waals surface area (Å²) in [5.74, 6) is -0.395. The molecule has 0 spiro atoms. The number of benzene rings is 1. The van der Waals surface area contributed by atoms with Crippen molar-refractivity contribution in [1.29, 1.82) is 0 Å². The van der Waals surface area contributed by atoms with Crippen LogP contribution >= 0.6 is 11.6 Å². The van der Waals surface area contributed by atoms with Crippen molar-refractivity contribution in [3.05, 3.63) is 28.5 Å². The molecular formula is C9H7ClFN. The van der Waals surface area contributed by atoms with Gasteiger partial charge in [0.25, 0.3) is 0 Å². The zero-order valence-electron chi connectivity index (χ0n) is 6.56. The summed E-state index contributed by atoms with van der Waals surface area (Å²) in [5, 5.41) is 0.179. The lowest BCUT2D eigenvalue weighted by molar-refractivity contribution is 0.628. The number of rotatable bonds is 0. The summed E-state index contributed by atoms with van der Waals surface area (Å²) in [4.78, 5) is 4.17. The molecule has 0 saturated heterocycles. The molecule has 1 nitrogen and oxygen atoms in total. The Hall–Kier alpha value is -0.890. The minimum atomic E-state index is -0.395. The number of fused-ring (bicyclic) bond motifs is 1. The van der Waals surface area contributed by atoms with E-state index in [0.717, 1.165) is 23.4 Å². The molecule has 1 aliphatic heterocycles. The minimum Gasteiger partial charge on any atom is -0.257 e. The van der Waals surface area contributed by atoms with Crippen molar-refractivity contribution < 1.29 is 4.39 Å². The third kappa shape index (κ3) is 1.12. The second-order valence-electron chi connectivity index (χ2n) is 2.92. The summed E-state index contributed by atoms with van der Waals surface area (Å²) in [6, 6.07) is 3.03. The Morgan fingerprint density at radius 3 is 3.00 bits per heavy atom. The van der Waals surface area contributed by atoms with Gasteiger partial charge in [-0.2, -0.15) is 0 Å². The number of nitrogens with zero attached hydrogens (tertiary/aromatic N) is 1. The quantitative estimate of drug-likeness (QED) is 0.586. The molecule has 1 aliphatic rings. The summed E-state index contributed by atoms with van der Waals surface area (Å²) in [5.41, 5.74) is 2.74. The lowest BCUT2D eigenvalue weighted by Gasteiger charge is -1.98. The summed E-state index contributed by atoms with van der Waals surface area (Å²) in [7, 11) is 0. The van der Waals surface area contributed by atoms with Gasteiger partial charge in [-0.05, 0) is 18.6 Å². The Balaban J connectivity index is 2.57. The standard InChI is InChI=1S/C9H7ClFN/c1-5-2-6-3-7(10)8(11)4-9(6)12-5/h3-4H,2H2,1H3. The van der Waals surface area contributed by atoms with E-state index in [1.54, 1.807) is 6.07 Å². The smallest absolute Gasteiger partial charge is 0.143 e. The van der Waals surface area contributed by atoms with Crippen molar-refractivity contribution in [3.8, 4) is 0 Å². The van der Waals surface area contributed by atoms with Crippen LogP contribution in [0.25, 0.3) is 0 Å². The third-order valence-corrected chi connectivity index (χ3v) is 2.17. The summed E-state index contributed by atoms with van der Waals surface area (Å²) in [6.45, 7) is 1.92. The molecule has 0 amide bonds. The van der Waals surface area contributed by atoms with E-state index in [1.165, 1.54) is 6.07 Å². The highest BCUT2D eigenvalue weighted by Gasteiger charge is 2.13. The highest BCUT2D eigenvalue weighted by Crippen LogP contribution is 2.31. The SMILES string of the molecule is CC1=Nc2cc(F)c(Cl)cc2C1. The van der Waals surface area contributed by atoms with Gasteiger partial charge in [-0.25, -0.2) is 4.39 Å². The second-order valence-corrected chi connectivity index (χ2v) is 3.33. The Bertz CT molecular complexity index is 371. The van der Waals surface area contributed by atoms with Crippen LogP contribution in [0.4, 0.5) is 10.1 Å². The van der Waals surface area contributed by atoms with E-state index in [2.05, 4.69) is 4.99 Å². The van der Waals surface area contributed by atoms with Crippen molar-refractivity contribution in [2.45, 2.75) is 13.3 Å². The maximum atomic E-state index is 12.9. The Morgan fingerprint density at radius 1 is 1.50 bits per heavy atom. The minimum absolute atomic E-state index is 0.179. The molecule has 3 heteroatoms. The zero-order valence-corrected chi connectivity index (χ0v) is 7.32. The molecule has 1 heterocycles. The Labute approximate surface area is 74.9 Å². The molecule has 62 valence electrons. The summed E-state index contributed by atoms with van der Waals surface area (Å²) in [6.07, 6.45) is 0.787. The fourth-order valence-electron chi connectivity index (χ4n) is 1.34. The van der Waals surface area contributed by atoms with Gasteiger partial charge in [-0.15, -0.1) is 0 Å². The molecule has 0 radical (unpaired) electrons. The van der Waals surface area contributed by atoms with E-state index in [4.69, 9.17) is 11.6 Å². The molecule has 12 heavy (non-hydrogen) atoms. The normalized spacial score (nSPS) is 14.4. The van der Waals surface area contributed by atoms with E-state index in [0.29, 0.717) is 0 Å². The van der Waals surface area contributed by atoms with Gasteiger partial charge in [0.1, 0.15) is 5.82 Å². The molecular weight excluding hydrogens is 177 g/mol. The first-order valence-electron chi connectivity index (χ1n) is 3.69. The number of hydrogen-bond donors (Lipinski definition) is 0. The van der Waals surface area contributed by atoms with E-state index >= 15 is 0 Å². The van der Waals surface area contributed by atoms with Gasteiger partial charge in [0.15, 0.2) is 0 Å². The average molecular weight is 184 g/mol. The van der Waals surface area contributed by atoms with Crippen molar-refractivity contribution in [1.82, 2.24) is 0 Å². The lowest BCUT2D eigenvalue weighted by Crippen LogP contribution is -1.88. The molecule has 0 N–H and O–H groups in total. The summed E-state index contributed by atoms with van der Waals surface area (Å²) < 4.78 is 12.9. The Morgan fingerprint density at radius 2 is 2.25 bits per heavy atom. The molecule has 1 aromatic rings. The van der Waals surface area contributed by atoms with Crippen LogP contribution in [0.15, 0.2) is 17.1 Å². The third-order valence-electron chi connectivity index (χ3n) is 1.88.